The van der Waals surface area contributed by atoms with Gasteiger partial charge >= 0.3 is 6.18 Å². The molecule has 1 aromatic heterocycles. The topological polar surface area (TPSA) is 17.8 Å². The highest BCUT2D eigenvalue weighted by molar-refractivity contribution is 5.28. The van der Waals surface area contributed by atoms with Crippen LogP contribution in [-0.2, 0) is 11.7 Å². The number of alkyl halides is 5. The third-order valence-electron chi connectivity index (χ3n) is 2.28. The Morgan fingerprint density at radius 3 is 1.82 bits per heavy atom. The second kappa shape index (κ2) is 3.96. The molecule has 1 rings (SSSR count). The molecule has 0 N–H and O–H groups in total. The third-order valence-corrected chi connectivity index (χ3v) is 2.28. The number of nitrogens with zero attached hydrogens (tertiary/aromatic N) is 2. The quantitative estimate of drug-likeness (QED) is 0.697. The molecule has 2 nitrogen and oxygen atoms in total. The van der Waals surface area contributed by atoms with Crippen LogP contribution in [0.3, 0.4) is 0 Å². The van der Waals surface area contributed by atoms with Gasteiger partial charge in [0.1, 0.15) is 5.69 Å². The van der Waals surface area contributed by atoms with E-state index in [1.165, 1.54) is 20.8 Å². The van der Waals surface area contributed by atoms with Crippen molar-refractivity contribution in [1.29, 1.82) is 0 Å². The Labute approximate surface area is 95.4 Å². The molecule has 0 fully saturated rings. The van der Waals surface area contributed by atoms with Crippen LogP contribution in [-0.4, -0.2) is 9.78 Å². The highest BCUT2D eigenvalue weighted by atomic mass is 19.4. The minimum Gasteiger partial charge on any atom is -0.258 e. The summed E-state index contributed by atoms with van der Waals surface area (Å²) in [5.41, 5.74) is -3.37. The van der Waals surface area contributed by atoms with Gasteiger partial charge in [0, 0.05) is 5.56 Å². The number of aromatic nitrogens is 2. The predicted octanol–water partition coefficient (Wildman–Crippen LogP) is 3.90. The van der Waals surface area contributed by atoms with Crippen LogP contribution in [0.2, 0.25) is 0 Å². The lowest BCUT2D eigenvalue weighted by Crippen LogP contribution is -2.26. The number of hydrogen-bond acceptors (Lipinski definition) is 1. The van der Waals surface area contributed by atoms with Crippen molar-refractivity contribution in [1.82, 2.24) is 9.78 Å². The van der Waals surface area contributed by atoms with Gasteiger partial charge in [-0.1, -0.05) is 0 Å². The molecular formula is C10H13F5N2. The molecule has 0 aliphatic heterocycles. The van der Waals surface area contributed by atoms with Crippen molar-refractivity contribution in [3.63, 3.8) is 0 Å². The van der Waals surface area contributed by atoms with Crippen molar-refractivity contribution in [3.05, 3.63) is 17.0 Å². The molecule has 0 atom stereocenters. The van der Waals surface area contributed by atoms with Crippen molar-refractivity contribution < 1.29 is 22.0 Å². The summed E-state index contributed by atoms with van der Waals surface area (Å²) in [6.45, 7) is 5.57. The number of hydrogen-bond donors (Lipinski definition) is 0. The molecule has 1 aromatic rings. The van der Waals surface area contributed by atoms with E-state index >= 15 is 0 Å². The van der Waals surface area contributed by atoms with Crippen molar-refractivity contribution >= 4 is 0 Å². The molecule has 0 radical (unpaired) electrons. The van der Waals surface area contributed by atoms with Gasteiger partial charge in [0.15, 0.2) is 5.69 Å². The highest BCUT2D eigenvalue weighted by Gasteiger charge is 2.40. The van der Waals surface area contributed by atoms with E-state index in [-0.39, 0.29) is 0 Å². The number of halogens is 5. The van der Waals surface area contributed by atoms with E-state index in [9.17, 15) is 22.0 Å². The van der Waals surface area contributed by atoms with Crippen molar-refractivity contribution in [3.8, 4) is 0 Å². The second-order valence-corrected chi connectivity index (χ2v) is 4.74. The fourth-order valence-electron chi connectivity index (χ4n) is 1.55. The minimum atomic E-state index is -4.72. The molecule has 0 aliphatic carbocycles. The van der Waals surface area contributed by atoms with Crippen molar-refractivity contribution in [2.24, 2.45) is 0 Å². The zero-order chi connectivity index (χ0) is 13.6. The minimum absolute atomic E-state index is 0.512. The first-order valence-electron chi connectivity index (χ1n) is 4.91. The molecule has 0 saturated heterocycles. The summed E-state index contributed by atoms with van der Waals surface area (Å²) in [5.74, 6) is 0. The summed E-state index contributed by atoms with van der Waals surface area (Å²) < 4.78 is 64.0. The maximum atomic E-state index is 12.8. The summed E-state index contributed by atoms with van der Waals surface area (Å²) in [5, 5.41) is 3.29. The summed E-state index contributed by atoms with van der Waals surface area (Å²) in [7, 11) is 0. The molecule has 0 spiro atoms. The van der Waals surface area contributed by atoms with Gasteiger partial charge in [-0.05, 0) is 27.7 Å². The molecule has 0 aliphatic rings. The van der Waals surface area contributed by atoms with Gasteiger partial charge in [0.25, 0.3) is 6.43 Å². The first-order valence-corrected chi connectivity index (χ1v) is 4.91. The van der Waals surface area contributed by atoms with E-state index in [0.717, 1.165) is 11.6 Å². The Morgan fingerprint density at radius 1 is 1.12 bits per heavy atom. The lowest BCUT2D eigenvalue weighted by atomic mass is 10.1. The second-order valence-electron chi connectivity index (χ2n) is 4.74. The van der Waals surface area contributed by atoms with Crippen LogP contribution in [0, 0.1) is 6.92 Å². The number of rotatable bonds is 1. The van der Waals surface area contributed by atoms with E-state index in [2.05, 4.69) is 5.10 Å². The Bertz CT molecular complexity index is 412. The molecule has 0 unspecified atom stereocenters. The molecule has 17 heavy (non-hydrogen) atoms. The Balaban J connectivity index is 3.52. The zero-order valence-electron chi connectivity index (χ0n) is 9.86. The standard InChI is InChI=1S/C10H13F5N2/c1-5-6(8(11)12)17(9(2,3)4)16-7(5)10(13,14)15/h8H,1-4H3. The Hall–Kier alpha value is -1.14. The van der Waals surface area contributed by atoms with Crippen LogP contribution in [0.1, 0.15) is 44.1 Å². The van der Waals surface area contributed by atoms with Crippen LogP contribution in [0.15, 0.2) is 0 Å². The molecule has 7 heteroatoms. The fourth-order valence-corrected chi connectivity index (χ4v) is 1.55. The van der Waals surface area contributed by atoms with Gasteiger partial charge in [-0.25, -0.2) is 8.78 Å². The average Bonchev–Trinajstić information content (AvgIpc) is 2.40. The van der Waals surface area contributed by atoms with Crippen LogP contribution in [0.4, 0.5) is 22.0 Å². The lowest BCUT2D eigenvalue weighted by molar-refractivity contribution is -0.142. The molecule has 98 valence electrons. The van der Waals surface area contributed by atoms with Gasteiger partial charge in [-0.3, -0.25) is 4.68 Å². The molecule has 0 amide bonds. The monoisotopic (exact) mass is 256 g/mol. The zero-order valence-corrected chi connectivity index (χ0v) is 9.86. The SMILES string of the molecule is Cc1c(C(F)(F)F)nn(C(C)(C)C)c1C(F)F. The smallest absolute Gasteiger partial charge is 0.258 e. The van der Waals surface area contributed by atoms with E-state index in [0.29, 0.717) is 0 Å². The lowest BCUT2D eigenvalue weighted by Gasteiger charge is -2.22. The van der Waals surface area contributed by atoms with Crippen molar-refractivity contribution in [2.45, 2.75) is 45.8 Å². The van der Waals surface area contributed by atoms with Gasteiger partial charge in [-0.2, -0.15) is 18.3 Å². The summed E-state index contributed by atoms with van der Waals surface area (Å²) in [6.07, 6.45) is -7.71. The van der Waals surface area contributed by atoms with Crippen molar-refractivity contribution in [2.75, 3.05) is 0 Å². The fraction of sp³-hybridized carbons (Fsp3) is 0.700. The van der Waals surface area contributed by atoms with Gasteiger partial charge < -0.3 is 0 Å². The first-order chi connectivity index (χ1) is 7.46. The van der Waals surface area contributed by atoms with E-state index in [1.54, 1.807) is 0 Å². The maximum Gasteiger partial charge on any atom is 0.435 e. The predicted molar refractivity (Wildman–Crippen MR) is 51.9 cm³/mol. The van der Waals surface area contributed by atoms with E-state index < -0.39 is 35.1 Å². The van der Waals surface area contributed by atoms with Gasteiger partial charge in [-0.15, -0.1) is 0 Å². The summed E-state index contributed by atoms with van der Waals surface area (Å²) in [6, 6.07) is 0. The largest absolute Gasteiger partial charge is 0.435 e. The van der Waals surface area contributed by atoms with Crippen LogP contribution < -0.4 is 0 Å². The molecular weight excluding hydrogens is 243 g/mol. The molecule has 1 heterocycles. The molecule has 0 bridgehead atoms. The maximum absolute atomic E-state index is 12.8. The summed E-state index contributed by atoms with van der Waals surface area (Å²) >= 11 is 0. The molecule has 0 aromatic carbocycles. The van der Waals surface area contributed by atoms with Crippen LogP contribution in [0.5, 0.6) is 0 Å². The molecule has 0 saturated carbocycles. The highest BCUT2D eigenvalue weighted by Crippen LogP contribution is 2.37. The third kappa shape index (κ3) is 2.58. The Kier molecular flexibility index (Phi) is 3.24. The normalized spacial score (nSPS) is 13.5. The van der Waals surface area contributed by atoms with Gasteiger partial charge in [0.05, 0.1) is 5.54 Å². The Morgan fingerprint density at radius 2 is 1.59 bits per heavy atom. The van der Waals surface area contributed by atoms with Gasteiger partial charge in [0.2, 0.25) is 0 Å². The van der Waals surface area contributed by atoms with Crippen LogP contribution in [0.25, 0.3) is 0 Å². The van der Waals surface area contributed by atoms with E-state index in [1.807, 2.05) is 0 Å². The average molecular weight is 256 g/mol. The summed E-state index contributed by atoms with van der Waals surface area (Å²) in [4.78, 5) is 0. The first kappa shape index (κ1) is 13.9. The van der Waals surface area contributed by atoms with E-state index in [4.69, 9.17) is 0 Å². The van der Waals surface area contributed by atoms with Crippen LogP contribution >= 0.6 is 0 Å².